The Bertz CT molecular complexity index is 524. The predicted octanol–water partition coefficient (Wildman–Crippen LogP) is 2.89. The van der Waals surface area contributed by atoms with Crippen molar-refractivity contribution in [1.29, 1.82) is 0 Å². The molecule has 1 atom stereocenters. The summed E-state index contributed by atoms with van der Waals surface area (Å²) in [5.74, 6) is 2.42. The second-order valence-electron chi connectivity index (χ2n) is 5.18. The summed E-state index contributed by atoms with van der Waals surface area (Å²) in [7, 11) is 0. The number of aryl methyl sites for hydroxylation is 2. The number of hydrogen-bond donors (Lipinski definition) is 1. The van der Waals surface area contributed by atoms with E-state index >= 15 is 0 Å². The smallest absolute Gasteiger partial charge is 0.0945 e. The van der Waals surface area contributed by atoms with Crippen molar-refractivity contribution in [3.8, 4) is 0 Å². The highest BCUT2D eigenvalue weighted by Crippen LogP contribution is 2.27. The number of aromatic nitrogens is 2. The Hall–Kier alpha value is -1.26. The van der Waals surface area contributed by atoms with E-state index in [4.69, 9.17) is 0 Å². The maximum absolute atomic E-state index is 4.07. The zero-order valence-corrected chi connectivity index (χ0v) is 12.5. The number of benzene rings is 1. The second kappa shape index (κ2) is 6.95. The molecule has 1 aromatic heterocycles. The van der Waals surface area contributed by atoms with E-state index in [1.165, 1.54) is 29.1 Å². The number of rotatable bonds is 5. The minimum atomic E-state index is 0.501. The molecule has 1 aromatic carbocycles. The lowest BCUT2D eigenvalue weighted by molar-refractivity contribution is 0.530. The molecule has 0 radical (unpaired) electrons. The molecular weight excluding hydrogens is 266 g/mol. The number of nitrogens with one attached hydrogen (secondary N) is 1. The van der Waals surface area contributed by atoms with Crippen molar-refractivity contribution in [2.24, 2.45) is 0 Å². The van der Waals surface area contributed by atoms with Gasteiger partial charge in [0.2, 0.25) is 0 Å². The van der Waals surface area contributed by atoms with Gasteiger partial charge < -0.3 is 9.88 Å². The van der Waals surface area contributed by atoms with Crippen LogP contribution < -0.4 is 5.32 Å². The normalized spacial score (nSPS) is 18.5. The van der Waals surface area contributed by atoms with E-state index in [-0.39, 0.29) is 0 Å². The van der Waals surface area contributed by atoms with Crippen LogP contribution in [-0.2, 0) is 13.0 Å². The molecule has 2 heterocycles. The Morgan fingerprint density at radius 3 is 3.20 bits per heavy atom. The van der Waals surface area contributed by atoms with Crippen LogP contribution in [0.15, 0.2) is 43.0 Å². The summed E-state index contributed by atoms with van der Waals surface area (Å²) in [5.41, 5.74) is 3.02. The lowest BCUT2D eigenvalue weighted by Gasteiger charge is -2.19. The summed E-state index contributed by atoms with van der Waals surface area (Å²) in [6, 6.07) is 9.39. The van der Waals surface area contributed by atoms with Crippen molar-refractivity contribution in [2.75, 3.05) is 18.1 Å². The molecular formula is C16H21N3S. The molecule has 0 aliphatic carbocycles. The van der Waals surface area contributed by atoms with Crippen LogP contribution in [0.1, 0.15) is 23.6 Å². The summed E-state index contributed by atoms with van der Waals surface area (Å²) in [5, 5.41) is 3.73. The molecule has 0 bridgehead atoms. The van der Waals surface area contributed by atoms with Crippen LogP contribution in [-0.4, -0.2) is 27.6 Å². The second-order valence-corrected chi connectivity index (χ2v) is 6.33. The van der Waals surface area contributed by atoms with Crippen molar-refractivity contribution >= 4 is 11.8 Å². The molecule has 1 aliphatic rings. The SMILES string of the molecule is c1ccc2c(c1)CCSCC2NCCCn1ccnc1. The van der Waals surface area contributed by atoms with Gasteiger partial charge in [-0.25, -0.2) is 4.98 Å². The Morgan fingerprint density at radius 1 is 1.35 bits per heavy atom. The largest absolute Gasteiger partial charge is 0.337 e. The Labute approximate surface area is 124 Å². The topological polar surface area (TPSA) is 29.9 Å². The fourth-order valence-corrected chi connectivity index (χ4v) is 3.76. The monoisotopic (exact) mass is 287 g/mol. The lowest BCUT2D eigenvalue weighted by Crippen LogP contribution is -2.25. The van der Waals surface area contributed by atoms with Gasteiger partial charge in [-0.2, -0.15) is 11.8 Å². The zero-order valence-electron chi connectivity index (χ0n) is 11.7. The quantitative estimate of drug-likeness (QED) is 0.858. The van der Waals surface area contributed by atoms with Crippen LogP contribution in [0.25, 0.3) is 0 Å². The third-order valence-electron chi connectivity index (χ3n) is 3.77. The third kappa shape index (κ3) is 3.44. The van der Waals surface area contributed by atoms with Crippen molar-refractivity contribution in [3.63, 3.8) is 0 Å². The molecule has 106 valence electrons. The first-order chi connectivity index (χ1) is 9.93. The Balaban J connectivity index is 1.54. The van der Waals surface area contributed by atoms with Crippen LogP contribution in [0.2, 0.25) is 0 Å². The maximum Gasteiger partial charge on any atom is 0.0945 e. The Morgan fingerprint density at radius 2 is 2.30 bits per heavy atom. The molecule has 0 amide bonds. The number of thioether (sulfide) groups is 1. The van der Waals surface area contributed by atoms with E-state index in [9.17, 15) is 0 Å². The van der Waals surface area contributed by atoms with Gasteiger partial charge in [0.1, 0.15) is 0 Å². The van der Waals surface area contributed by atoms with Crippen LogP contribution in [0.3, 0.4) is 0 Å². The molecule has 20 heavy (non-hydrogen) atoms. The summed E-state index contributed by atoms with van der Waals surface area (Å²) < 4.78 is 2.14. The van der Waals surface area contributed by atoms with E-state index < -0.39 is 0 Å². The number of hydrogen-bond acceptors (Lipinski definition) is 3. The van der Waals surface area contributed by atoms with E-state index in [2.05, 4.69) is 50.9 Å². The minimum Gasteiger partial charge on any atom is -0.337 e. The van der Waals surface area contributed by atoms with Crippen LogP contribution >= 0.6 is 11.8 Å². The predicted molar refractivity (Wildman–Crippen MR) is 85.1 cm³/mol. The van der Waals surface area contributed by atoms with Gasteiger partial charge in [-0.15, -0.1) is 0 Å². The first kappa shape index (κ1) is 13.7. The van der Waals surface area contributed by atoms with Crippen LogP contribution in [0.4, 0.5) is 0 Å². The molecule has 1 unspecified atom stereocenters. The molecule has 2 aromatic rings. The summed E-state index contributed by atoms with van der Waals surface area (Å²) in [6.07, 6.45) is 8.09. The first-order valence-electron chi connectivity index (χ1n) is 7.28. The fraction of sp³-hybridized carbons (Fsp3) is 0.438. The molecule has 1 aliphatic heterocycles. The van der Waals surface area contributed by atoms with Crippen molar-refractivity contribution in [1.82, 2.24) is 14.9 Å². The summed E-state index contributed by atoms with van der Waals surface area (Å²) >= 11 is 2.06. The highest BCUT2D eigenvalue weighted by molar-refractivity contribution is 7.99. The molecule has 0 fully saturated rings. The van der Waals surface area contributed by atoms with Crippen molar-refractivity contribution in [3.05, 3.63) is 54.1 Å². The molecule has 3 rings (SSSR count). The highest BCUT2D eigenvalue weighted by Gasteiger charge is 2.17. The number of fused-ring (bicyclic) bond motifs is 1. The van der Waals surface area contributed by atoms with Crippen LogP contribution in [0.5, 0.6) is 0 Å². The fourth-order valence-electron chi connectivity index (χ4n) is 2.70. The molecule has 3 nitrogen and oxygen atoms in total. The molecule has 0 spiro atoms. The van der Waals surface area contributed by atoms with Crippen molar-refractivity contribution < 1.29 is 0 Å². The third-order valence-corrected chi connectivity index (χ3v) is 4.84. The number of imidazole rings is 1. The Kier molecular flexibility index (Phi) is 4.77. The highest BCUT2D eigenvalue weighted by atomic mass is 32.2. The van der Waals surface area contributed by atoms with Gasteiger partial charge in [-0.05, 0) is 36.3 Å². The zero-order chi connectivity index (χ0) is 13.6. The molecule has 0 saturated heterocycles. The summed E-state index contributed by atoms with van der Waals surface area (Å²) in [6.45, 7) is 2.09. The van der Waals surface area contributed by atoms with E-state index in [0.29, 0.717) is 6.04 Å². The first-order valence-corrected chi connectivity index (χ1v) is 8.43. The van der Waals surface area contributed by atoms with Gasteiger partial charge in [0.05, 0.1) is 6.33 Å². The minimum absolute atomic E-state index is 0.501. The van der Waals surface area contributed by atoms with Crippen molar-refractivity contribution in [2.45, 2.75) is 25.4 Å². The van der Waals surface area contributed by atoms with E-state index in [1.807, 2.05) is 18.7 Å². The van der Waals surface area contributed by atoms with E-state index in [1.54, 1.807) is 0 Å². The van der Waals surface area contributed by atoms with E-state index in [0.717, 1.165) is 19.5 Å². The average molecular weight is 287 g/mol. The number of nitrogens with zero attached hydrogens (tertiary/aromatic N) is 2. The van der Waals surface area contributed by atoms with Gasteiger partial charge >= 0.3 is 0 Å². The molecule has 4 heteroatoms. The van der Waals surface area contributed by atoms with Gasteiger partial charge in [-0.1, -0.05) is 24.3 Å². The molecule has 1 N–H and O–H groups in total. The average Bonchev–Trinajstić information content (AvgIpc) is 2.91. The molecule has 0 saturated carbocycles. The van der Waals surface area contributed by atoms with Gasteiger partial charge in [0.25, 0.3) is 0 Å². The van der Waals surface area contributed by atoms with Gasteiger partial charge in [-0.3, -0.25) is 0 Å². The summed E-state index contributed by atoms with van der Waals surface area (Å²) in [4.78, 5) is 4.07. The lowest BCUT2D eigenvalue weighted by atomic mass is 10.00. The standard InChI is InChI=1S/C16H21N3S/c1-2-5-15-14(4-1)6-11-20-12-16(15)18-7-3-9-19-10-8-17-13-19/h1-2,4-5,8,10,13,16,18H,3,6-7,9,11-12H2. The van der Waals surface area contributed by atoms with Gasteiger partial charge in [0.15, 0.2) is 0 Å². The van der Waals surface area contributed by atoms with Gasteiger partial charge in [0, 0.05) is 30.7 Å². The van der Waals surface area contributed by atoms with Crippen LogP contribution in [0, 0.1) is 0 Å². The maximum atomic E-state index is 4.07.